The zero-order valence-corrected chi connectivity index (χ0v) is 22.7. The van der Waals surface area contributed by atoms with Crippen molar-refractivity contribution in [2.24, 2.45) is 23.7 Å². The van der Waals surface area contributed by atoms with Crippen LogP contribution in [0.1, 0.15) is 77.0 Å². The quantitative estimate of drug-likeness (QED) is 0.259. The highest BCUT2D eigenvalue weighted by molar-refractivity contribution is 6.08. The van der Waals surface area contributed by atoms with Crippen LogP contribution in [0.15, 0.2) is 12.2 Å². The summed E-state index contributed by atoms with van der Waals surface area (Å²) in [6.45, 7) is 0. The highest BCUT2D eigenvalue weighted by Gasteiger charge is 2.58. The fraction of sp³-hybridized carbons (Fsp3) is 0.857. The number of hydrogen-bond donors (Lipinski definition) is 2. The average molecular weight is 598 g/mol. The van der Waals surface area contributed by atoms with E-state index in [0.717, 1.165) is 19.3 Å². The molecule has 2 amide bonds. The molecule has 41 heavy (non-hydrogen) atoms. The molecule has 6 nitrogen and oxygen atoms in total. The van der Waals surface area contributed by atoms with Gasteiger partial charge in [-0.1, -0.05) is 44.3 Å². The number of hydrogen-bond acceptors (Lipinski definition) is 5. The second kappa shape index (κ2) is 11.7. The number of nitrogens with one attached hydrogen (secondary N) is 1. The van der Waals surface area contributed by atoms with Crippen molar-refractivity contribution in [1.29, 1.82) is 0 Å². The number of imide groups is 1. The van der Waals surface area contributed by atoms with Gasteiger partial charge in [0.1, 0.15) is 12.2 Å². The number of hydrazine groups is 1. The Hall–Kier alpha value is -1.73. The molecule has 0 radical (unpaired) electrons. The zero-order valence-electron chi connectivity index (χ0n) is 22.7. The molecule has 2 heterocycles. The smallest absolute Gasteiger partial charge is 0.391 e. The van der Waals surface area contributed by atoms with E-state index in [1.807, 2.05) is 0 Å². The number of carbonyl (C=O) groups is 2. The summed E-state index contributed by atoms with van der Waals surface area (Å²) >= 11 is 0. The lowest BCUT2D eigenvalue weighted by atomic mass is 9.71. The lowest BCUT2D eigenvalue weighted by Crippen LogP contribution is -2.65. The molecule has 0 spiro atoms. The molecule has 3 saturated carbocycles. The summed E-state index contributed by atoms with van der Waals surface area (Å²) in [5.74, 6) is -7.76. The number of aliphatic hydroxyl groups is 1. The monoisotopic (exact) mass is 597 g/mol. The van der Waals surface area contributed by atoms with Gasteiger partial charge in [0.25, 0.3) is 0 Å². The summed E-state index contributed by atoms with van der Waals surface area (Å²) < 4.78 is 97.1. The fourth-order valence-electron chi connectivity index (χ4n) is 7.71. The maximum atomic E-state index is 15.0. The third-order valence-electron chi connectivity index (χ3n) is 9.93. The average Bonchev–Trinajstić information content (AvgIpc) is 3.18. The highest BCUT2D eigenvalue weighted by atomic mass is 19.4. The molecule has 5 aliphatic rings. The number of likely N-dealkylation sites (tertiary alicyclic amines) is 1. The van der Waals surface area contributed by atoms with Gasteiger partial charge in [0, 0.05) is 6.04 Å². The zero-order chi connectivity index (χ0) is 29.7. The predicted molar refractivity (Wildman–Crippen MR) is 133 cm³/mol. The molecule has 13 heteroatoms. The topological polar surface area (TPSA) is 72.9 Å². The van der Waals surface area contributed by atoms with Crippen LogP contribution in [0, 0.1) is 23.7 Å². The first-order chi connectivity index (χ1) is 19.3. The minimum Gasteiger partial charge on any atom is -0.391 e. The van der Waals surface area contributed by atoms with Crippen molar-refractivity contribution in [3.8, 4) is 0 Å². The minimum absolute atomic E-state index is 0.257. The molecule has 0 aromatic carbocycles. The molecule has 4 fully saturated rings. The third-order valence-corrected chi connectivity index (χ3v) is 9.93. The first kappa shape index (κ1) is 30.7. The molecule has 0 aromatic heterocycles. The van der Waals surface area contributed by atoms with Gasteiger partial charge in [-0.25, -0.2) is 14.8 Å². The number of rotatable bonds is 5. The van der Waals surface area contributed by atoms with E-state index in [1.165, 1.54) is 22.1 Å². The van der Waals surface area contributed by atoms with Gasteiger partial charge >= 0.3 is 12.4 Å². The number of carbonyl (C=O) groups excluding carboxylic acids is 2. The van der Waals surface area contributed by atoms with Gasteiger partial charge in [-0.2, -0.15) is 26.3 Å². The highest BCUT2D eigenvalue weighted by Crippen LogP contribution is 2.49. The summed E-state index contributed by atoms with van der Waals surface area (Å²) in [5, 5.41) is 12.7. The second-order valence-electron chi connectivity index (χ2n) is 12.6. The van der Waals surface area contributed by atoms with Crippen molar-refractivity contribution < 1.29 is 45.4 Å². The number of fused-ring (bicyclic) bond motifs is 1. The van der Waals surface area contributed by atoms with Gasteiger partial charge < -0.3 is 5.11 Å². The van der Waals surface area contributed by atoms with Crippen molar-refractivity contribution in [2.75, 3.05) is 0 Å². The molecule has 0 aromatic rings. The number of aliphatic hydroxyl groups excluding tert-OH is 1. The Morgan fingerprint density at radius 1 is 0.805 bits per heavy atom. The van der Waals surface area contributed by atoms with Crippen LogP contribution < -0.4 is 5.43 Å². The SMILES string of the molecule is O=C1C2C=CC(C(O)C3CC(C(F)(F)F)CC(C(F)(F)F)C3)N(NC3CCCCC3F)C2C(=O)N1C1CCCCC1. The molecule has 3 aliphatic carbocycles. The summed E-state index contributed by atoms with van der Waals surface area (Å²) in [7, 11) is 0. The summed E-state index contributed by atoms with van der Waals surface area (Å²) in [5.41, 5.74) is 3.01. The van der Waals surface area contributed by atoms with Crippen LogP contribution in [0.5, 0.6) is 0 Å². The largest absolute Gasteiger partial charge is 0.391 e. The Balaban J connectivity index is 1.45. The minimum atomic E-state index is -4.87. The van der Waals surface area contributed by atoms with Crippen LogP contribution in [0.25, 0.3) is 0 Å². The van der Waals surface area contributed by atoms with Crippen LogP contribution in [0.4, 0.5) is 30.7 Å². The molecule has 1 saturated heterocycles. The number of halogens is 7. The van der Waals surface area contributed by atoms with E-state index in [-0.39, 0.29) is 12.5 Å². The molecule has 2 N–H and O–H groups in total. The van der Waals surface area contributed by atoms with Gasteiger partial charge in [0.15, 0.2) is 0 Å². The van der Waals surface area contributed by atoms with E-state index in [0.29, 0.717) is 32.1 Å². The van der Waals surface area contributed by atoms with Crippen molar-refractivity contribution in [3.05, 3.63) is 12.2 Å². The van der Waals surface area contributed by atoms with E-state index in [9.17, 15) is 45.4 Å². The standard InChI is InChI=1S/C28H38F7N3O3/c29-20-8-4-5-9-21(20)36-38-22(24(39)15-12-16(27(30,31)32)14-17(13-15)28(33,34)35)11-10-19-23(38)26(41)37(25(19)40)18-6-2-1-3-7-18/h10-11,15-24,36,39H,1-9,12-14H2. The Labute approximate surface area is 234 Å². The van der Waals surface area contributed by atoms with Gasteiger partial charge in [-0.15, -0.1) is 0 Å². The van der Waals surface area contributed by atoms with Crippen LogP contribution in [0.2, 0.25) is 0 Å². The van der Waals surface area contributed by atoms with Crippen LogP contribution >= 0.6 is 0 Å². The molecular formula is C28H38F7N3O3. The summed E-state index contributed by atoms with van der Waals surface area (Å²) in [6, 6.07) is -3.47. The lowest BCUT2D eigenvalue weighted by molar-refractivity contribution is -0.234. The van der Waals surface area contributed by atoms with Crippen LogP contribution in [-0.4, -0.2) is 75.6 Å². The Morgan fingerprint density at radius 2 is 1.39 bits per heavy atom. The fourth-order valence-corrected chi connectivity index (χ4v) is 7.71. The predicted octanol–water partition coefficient (Wildman–Crippen LogP) is 5.22. The van der Waals surface area contributed by atoms with E-state index in [1.54, 1.807) is 0 Å². The maximum Gasteiger partial charge on any atom is 0.391 e. The second-order valence-corrected chi connectivity index (χ2v) is 12.6. The van der Waals surface area contributed by atoms with Crippen LogP contribution in [0.3, 0.4) is 0 Å². The van der Waals surface area contributed by atoms with Crippen LogP contribution in [-0.2, 0) is 9.59 Å². The first-order valence-electron chi connectivity index (χ1n) is 14.8. The Morgan fingerprint density at radius 3 is 1.98 bits per heavy atom. The van der Waals surface area contributed by atoms with Gasteiger partial charge in [-0.05, 0) is 50.9 Å². The molecular weight excluding hydrogens is 559 g/mol. The van der Waals surface area contributed by atoms with Gasteiger partial charge in [0.05, 0.1) is 35.9 Å². The number of nitrogens with zero attached hydrogens (tertiary/aromatic N) is 2. The van der Waals surface area contributed by atoms with E-state index in [4.69, 9.17) is 0 Å². The molecule has 8 unspecified atom stereocenters. The van der Waals surface area contributed by atoms with Gasteiger partial charge in [0.2, 0.25) is 11.8 Å². The summed E-state index contributed by atoms with van der Waals surface area (Å²) in [6.07, 6.45) is -6.43. The van der Waals surface area contributed by atoms with Crippen molar-refractivity contribution in [1.82, 2.24) is 15.3 Å². The van der Waals surface area contributed by atoms with Gasteiger partial charge in [-0.3, -0.25) is 14.5 Å². The third kappa shape index (κ3) is 6.18. The van der Waals surface area contributed by atoms with Crippen molar-refractivity contribution in [2.45, 2.75) is 126 Å². The normalized spacial score (nSPS) is 38.8. The molecule has 8 atom stereocenters. The molecule has 0 bridgehead atoms. The van der Waals surface area contributed by atoms with E-state index in [2.05, 4.69) is 5.43 Å². The van der Waals surface area contributed by atoms with Crippen molar-refractivity contribution in [3.63, 3.8) is 0 Å². The number of alkyl halides is 7. The first-order valence-corrected chi connectivity index (χ1v) is 14.8. The van der Waals surface area contributed by atoms with E-state index >= 15 is 0 Å². The molecule has 5 rings (SSSR count). The number of amides is 2. The molecule has 2 aliphatic heterocycles. The summed E-state index contributed by atoms with van der Waals surface area (Å²) in [4.78, 5) is 28.5. The van der Waals surface area contributed by atoms with E-state index < -0.39 is 97.5 Å². The Bertz CT molecular complexity index is 977. The maximum absolute atomic E-state index is 15.0. The van der Waals surface area contributed by atoms with Crippen molar-refractivity contribution >= 4 is 11.8 Å². The lowest BCUT2D eigenvalue weighted by Gasteiger charge is -2.47. The molecule has 232 valence electrons. The Kier molecular flexibility index (Phi) is 8.80.